The molecule has 0 aliphatic carbocycles. The minimum atomic E-state index is -1.32. The Morgan fingerprint density at radius 1 is 1.28 bits per heavy atom. The minimum Gasteiger partial charge on any atom is -0.463 e. The summed E-state index contributed by atoms with van der Waals surface area (Å²) in [6, 6.07) is 6.54. The van der Waals surface area contributed by atoms with Crippen LogP contribution in [0.4, 0.5) is 0 Å². The van der Waals surface area contributed by atoms with E-state index in [1.165, 1.54) is 12.5 Å². The van der Waals surface area contributed by atoms with Crippen LogP contribution in [-0.4, -0.2) is 58.5 Å². The molecule has 7 heteroatoms. The fraction of sp³-hybridized carbons (Fsp3) is 0.611. The molecule has 0 saturated carbocycles. The monoisotopic (exact) mass is 353 g/mol. The van der Waals surface area contributed by atoms with Gasteiger partial charge in [0.2, 0.25) is 12.2 Å². The van der Waals surface area contributed by atoms with E-state index in [4.69, 9.17) is 9.47 Å². The molecule has 0 spiro atoms. The smallest absolute Gasteiger partial charge is 0.223 e. The number of benzene rings is 1. The van der Waals surface area contributed by atoms with Crippen molar-refractivity contribution in [3.63, 3.8) is 0 Å². The van der Waals surface area contributed by atoms with Crippen LogP contribution in [0.1, 0.15) is 38.7 Å². The Balaban J connectivity index is 2.16. The van der Waals surface area contributed by atoms with E-state index in [0.29, 0.717) is 11.7 Å². The molecule has 1 aromatic carbocycles. The Labute approximate surface area is 147 Å². The first-order valence-electron chi connectivity index (χ1n) is 8.53. The van der Waals surface area contributed by atoms with Crippen molar-refractivity contribution < 1.29 is 29.6 Å². The lowest BCUT2D eigenvalue weighted by Gasteiger charge is -2.42. The minimum absolute atomic E-state index is 0.386. The van der Waals surface area contributed by atoms with Gasteiger partial charge in [-0.05, 0) is 30.0 Å². The van der Waals surface area contributed by atoms with Gasteiger partial charge in [-0.15, -0.1) is 0 Å². The predicted octanol–water partition coefficient (Wildman–Crippen LogP) is 0.523. The van der Waals surface area contributed by atoms with Crippen molar-refractivity contribution in [2.45, 2.75) is 63.8 Å². The van der Waals surface area contributed by atoms with Crippen molar-refractivity contribution in [1.29, 1.82) is 0 Å². The van der Waals surface area contributed by atoms with E-state index in [2.05, 4.69) is 19.2 Å². The second kappa shape index (κ2) is 8.62. The molecule has 140 valence electrons. The topological polar surface area (TPSA) is 108 Å². The molecule has 6 atom stereocenters. The molecule has 1 aliphatic rings. The second-order valence-electron chi connectivity index (χ2n) is 6.43. The van der Waals surface area contributed by atoms with Gasteiger partial charge in [0.1, 0.15) is 30.1 Å². The van der Waals surface area contributed by atoms with Gasteiger partial charge in [-0.3, -0.25) is 4.79 Å². The number of amides is 1. The summed E-state index contributed by atoms with van der Waals surface area (Å²) in [6.07, 6.45) is -3.65. The lowest BCUT2D eigenvalue weighted by Crippen LogP contribution is -2.65. The molecule has 4 N–H and O–H groups in total. The van der Waals surface area contributed by atoms with Gasteiger partial charge in [-0.25, -0.2) is 0 Å². The number of rotatable bonds is 6. The van der Waals surface area contributed by atoms with Crippen LogP contribution in [0.15, 0.2) is 24.3 Å². The van der Waals surface area contributed by atoms with Crippen LogP contribution in [0.2, 0.25) is 0 Å². The van der Waals surface area contributed by atoms with Crippen LogP contribution in [0, 0.1) is 0 Å². The molecular weight excluding hydrogens is 326 g/mol. The quantitative estimate of drug-likeness (QED) is 0.594. The third kappa shape index (κ3) is 4.70. The number of carbonyl (C=O) groups is 1. The molecule has 0 aromatic heterocycles. The average Bonchev–Trinajstić information content (AvgIpc) is 2.60. The van der Waals surface area contributed by atoms with E-state index in [9.17, 15) is 20.1 Å². The van der Waals surface area contributed by atoms with Gasteiger partial charge in [0.25, 0.3) is 0 Å². The van der Waals surface area contributed by atoms with Crippen molar-refractivity contribution in [3.05, 3.63) is 29.8 Å². The Hall–Kier alpha value is -1.67. The fourth-order valence-corrected chi connectivity index (χ4v) is 2.82. The molecule has 1 aromatic rings. The lowest BCUT2D eigenvalue weighted by molar-refractivity contribution is -0.244. The fourth-order valence-electron chi connectivity index (χ4n) is 2.82. The largest absolute Gasteiger partial charge is 0.463 e. The molecule has 1 saturated heterocycles. The molecular formula is C18H27NO6. The van der Waals surface area contributed by atoms with Crippen molar-refractivity contribution >= 4 is 5.91 Å². The number of aliphatic hydroxyl groups excluding tert-OH is 3. The first-order valence-corrected chi connectivity index (χ1v) is 8.53. The van der Waals surface area contributed by atoms with Crippen LogP contribution >= 0.6 is 0 Å². The van der Waals surface area contributed by atoms with Gasteiger partial charge in [0.15, 0.2) is 0 Å². The highest BCUT2D eigenvalue weighted by atomic mass is 16.7. The average molecular weight is 353 g/mol. The van der Waals surface area contributed by atoms with Gasteiger partial charge in [0, 0.05) is 6.92 Å². The van der Waals surface area contributed by atoms with E-state index in [-0.39, 0.29) is 5.91 Å². The Bertz CT molecular complexity index is 563. The normalized spacial score (nSPS) is 30.6. The van der Waals surface area contributed by atoms with Gasteiger partial charge in [-0.1, -0.05) is 26.0 Å². The lowest BCUT2D eigenvalue weighted by atomic mass is 9.97. The highest BCUT2D eigenvalue weighted by molar-refractivity contribution is 5.73. The van der Waals surface area contributed by atoms with Crippen LogP contribution in [0.25, 0.3) is 0 Å². The summed E-state index contributed by atoms with van der Waals surface area (Å²) in [5, 5.41) is 32.1. The number of aliphatic hydroxyl groups is 3. The highest BCUT2D eigenvalue weighted by Gasteiger charge is 2.46. The first-order chi connectivity index (χ1) is 11.9. The van der Waals surface area contributed by atoms with E-state index in [1.807, 2.05) is 12.1 Å². The maximum atomic E-state index is 11.4. The van der Waals surface area contributed by atoms with Crippen molar-refractivity contribution in [1.82, 2.24) is 5.32 Å². The number of carbonyl (C=O) groups excluding carboxylic acids is 1. The molecule has 7 nitrogen and oxygen atoms in total. The zero-order valence-corrected chi connectivity index (χ0v) is 14.8. The summed E-state index contributed by atoms with van der Waals surface area (Å²) in [7, 11) is 0. The molecule has 1 fully saturated rings. The Kier molecular flexibility index (Phi) is 6.78. The number of nitrogens with one attached hydrogen (secondary N) is 1. The van der Waals surface area contributed by atoms with E-state index >= 15 is 0 Å². The van der Waals surface area contributed by atoms with Gasteiger partial charge < -0.3 is 30.1 Å². The van der Waals surface area contributed by atoms with Crippen molar-refractivity contribution in [3.8, 4) is 5.75 Å². The molecule has 1 amide bonds. The SMILES string of the molecule is CC[C@@H](C)c1ccc(O[C@@H]2O[C@H](CO)[C@@H](O)[C@H](O)[C@H]2NC(C)=O)cc1. The first kappa shape index (κ1) is 19.7. The zero-order valence-electron chi connectivity index (χ0n) is 14.8. The van der Waals surface area contributed by atoms with Gasteiger partial charge >= 0.3 is 0 Å². The number of hydrogen-bond donors (Lipinski definition) is 4. The summed E-state index contributed by atoms with van der Waals surface area (Å²) in [5.41, 5.74) is 1.18. The standard InChI is InChI=1S/C18H27NO6/c1-4-10(2)12-5-7-13(8-6-12)24-18-15(19-11(3)21)17(23)16(22)14(9-20)25-18/h5-8,10,14-18,20,22-23H,4,9H2,1-3H3,(H,19,21)/t10-,14-,15-,16-,17-,18-/m1/s1. The predicted molar refractivity (Wildman–Crippen MR) is 91.1 cm³/mol. The molecule has 0 radical (unpaired) electrons. The second-order valence-corrected chi connectivity index (χ2v) is 6.43. The van der Waals surface area contributed by atoms with Gasteiger partial charge in [0.05, 0.1) is 6.61 Å². The molecule has 0 bridgehead atoms. The molecule has 0 unspecified atom stereocenters. The summed E-state index contributed by atoms with van der Waals surface area (Å²) < 4.78 is 11.3. The summed E-state index contributed by atoms with van der Waals surface area (Å²) in [6.45, 7) is 5.08. The van der Waals surface area contributed by atoms with Crippen LogP contribution in [0.3, 0.4) is 0 Å². The molecule has 1 aliphatic heterocycles. The summed E-state index contributed by atoms with van der Waals surface area (Å²) in [4.78, 5) is 11.4. The zero-order chi connectivity index (χ0) is 18.6. The highest BCUT2D eigenvalue weighted by Crippen LogP contribution is 2.26. The number of ether oxygens (including phenoxy) is 2. The molecule has 25 heavy (non-hydrogen) atoms. The Morgan fingerprint density at radius 3 is 2.44 bits per heavy atom. The van der Waals surface area contributed by atoms with E-state index < -0.39 is 37.3 Å². The van der Waals surface area contributed by atoms with Crippen LogP contribution in [0.5, 0.6) is 5.75 Å². The maximum absolute atomic E-state index is 11.4. The summed E-state index contributed by atoms with van der Waals surface area (Å²) in [5.74, 6) is 0.554. The van der Waals surface area contributed by atoms with Crippen molar-refractivity contribution in [2.75, 3.05) is 6.61 Å². The molecule has 2 rings (SSSR count). The van der Waals surface area contributed by atoms with E-state index in [0.717, 1.165) is 6.42 Å². The van der Waals surface area contributed by atoms with Crippen LogP contribution in [-0.2, 0) is 9.53 Å². The number of hydrogen-bond acceptors (Lipinski definition) is 6. The van der Waals surface area contributed by atoms with E-state index in [1.54, 1.807) is 12.1 Å². The van der Waals surface area contributed by atoms with Gasteiger partial charge in [-0.2, -0.15) is 0 Å². The third-order valence-corrected chi connectivity index (χ3v) is 4.56. The third-order valence-electron chi connectivity index (χ3n) is 4.56. The van der Waals surface area contributed by atoms with Crippen molar-refractivity contribution in [2.24, 2.45) is 0 Å². The summed E-state index contributed by atoms with van der Waals surface area (Å²) >= 11 is 0. The molecule has 1 heterocycles. The van der Waals surface area contributed by atoms with Crippen LogP contribution < -0.4 is 10.1 Å². The Morgan fingerprint density at radius 2 is 1.92 bits per heavy atom. The maximum Gasteiger partial charge on any atom is 0.223 e.